The molecule has 6 aromatic rings. The van der Waals surface area contributed by atoms with E-state index in [1.54, 1.807) is 61.8 Å². The molecule has 0 unspecified atom stereocenters. The first-order chi connectivity index (χ1) is 31.2. The van der Waals surface area contributed by atoms with Crippen molar-refractivity contribution >= 4 is 63.7 Å². The monoisotopic (exact) mass is 951 g/mol. The van der Waals surface area contributed by atoms with Gasteiger partial charge in [0.1, 0.15) is 40.9 Å². The van der Waals surface area contributed by atoms with E-state index in [2.05, 4.69) is 19.9 Å². The van der Waals surface area contributed by atoms with E-state index < -0.39 is 68.5 Å². The minimum Gasteiger partial charge on any atom is -0.497 e. The van der Waals surface area contributed by atoms with Gasteiger partial charge in [0.15, 0.2) is 17.4 Å². The Labute approximate surface area is 386 Å². The van der Waals surface area contributed by atoms with Gasteiger partial charge in [-0.15, -0.1) is 0 Å². The van der Waals surface area contributed by atoms with Crippen LogP contribution in [0.5, 0.6) is 17.2 Å². The SMILES string of the molecule is COc1ccc(CN(Cc2ccc(OC)cc2)c2cc(C)c(C(F)(F)F)c(-c3c(Cl)c4c5c(nc(Cl)nc5c3F)N([C@H](C)c3cccnc3N(C(=O)O)C(=O)OC(C)(C)C)CCO4)n2)cc1. The molecule has 0 bridgehead atoms. The largest absolute Gasteiger partial charge is 0.497 e. The molecule has 1 atom stereocenters. The summed E-state index contributed by atoms with van der Waals surface area (Å²) in [6, 6.07) is 17.7. The second-order valence-corrected chi connectivity index (χ2v) is 16.9. The molecule has 0 saturated carbocycles. The molecule has 4 heterocycles. The van der Waals surface area contributed by atoms with Crippen molar-refractivity contribution in [2.45, 2.75) is 65.5 Å². The topological polar surface area (TPSA) is 153 Å². The quantitative estimate of drug-likeness (QED) is 0.0969. The van der Waals surface area contributed by atoms with E-state index in [-0.39, 0.29) is 66.0 Å². The summed E-state index contributed by atoms with van der Waals surface area (Å²) >= 11 is 13.6. The number of amides is 2. The maximum Gasteiger partial charge on any atom is 0.425 e. The molecule has 0 saturated heterocycles. The Morgan fingerprint density at radius 3 is 2.09 bits per heavy atom. The third-order valence-corrected chi connectivity index (χ3v) is 11.1. The fourth-order valence-corrected chi connectivity index (χ4v) is 8.12. The van der Waals surface area contributed by atoms with Crippen molar-refractivity contribution in [3.05, 3.63) is 117 Å². The number of methoxy groups -OCH3 is 2. The standard InChI is InChI=1S/C46H43Cl2F4N7O7/c1-24-21-31(57(22-26-10-14-28(63-6)15-11-26)23-27-12-16-29(64-7)17-13-27)54-37(34(24)46(50,51)52)32-35(47)39-33-38(36(32)49)55-42(48)56-41(33)58(19-20-65-39)25(2)30-9-8-18-53-40(30)59(43(60)61)44(62)66-45(3,4)5/h8-18,21,25H,19-20,22-23H2,1-7H3,(H,60,61)/t25-/m1/s1. The second kappa shape index (κ2) is 18.7. The van der Waals surface area contributed by atoms with Crippen molar-refractivity contribution in [3.8, 4) is 28.5 Å². The van der Waals surface area contributed by atoms with Gasteiger partial charge >= 0.3 is 18.4 Å². The number of rotatable bonds is 11. The highest BCUT2D eigenvalue weighted by Crippen LogP contribution is 2.51. The summed E-state index contributed by atoms with van der Waals surface area (Å²) in [4.78, 5) is 46.9. The summed E-state index contributed by atoms with van der Waals surface area (Å²) in [5.41, 5.74) is -2.93. The Bertz CT molecular complexity index is 2760. The molecular weight excluding hydrogens is 909 g/mol. The summed E-state index contributed by atoms with van der Waals surface area (Å²) < 4.78 is 85.6. The van der Waals surface area contributed by atoms with Crippen LogP contribution in [-0.2, 0) is 24.0 Å². The number of carbonyl (C=O) groups is 2. The normalized spacial score (nSPS) is 13.1. The fraction of sp³-hybridized carbons (Fsp3) is 0.304. The molecule has 0 spiro atoms. The summed E-state index contributed by atoms with van der Waals surface area (Å²) in [6.07, 6.45) is -6.64. The number of halogens is 6. The minimum atomic E-state index is -5.05. The van der Waals surface area contributed by atoms with E-state index in [1.807, 2.05) is 24.3 Å². The lowest BCUT2D eigenvalue weighted by molar-refractivity contribution is -0.137. The third-order valence-electron chi connectivity index (χ3n) is 10.6. The first-order valence-electron chi connectivity index (χ1n) is 20.3. The number of anilines is 3. The van der Waals surface area contributed by atoms with E-state index in [0.717, 1.165) is 11.1 Å². The number of hydrogen-bond acceptors (Lipinski definition) is 12. The molecular formula is C46H43Cl2F4N7O7. The number of alkyl halides is 3. The van der Waals surface area contributed by atoms with Crippen LogP contribution in [0.15, 0.2) is 72.9 Å². The van der Waals surface area contributed by atoms with Crippen LogP contribution in [-0.4, -0.2) is 70.2 Å². The summed E-state index contributed by atoms with van der Waals surface area (Å²) in [5.74, 6) is -0.610. The van der Waals surface area contributed by atoms with Crippen molar-refractivity contribution in [3.63, 3.8) is 0 Å². The molecule has 0 aliphatic carbocycles. The Morgan fingerprint density at radius 2 is 1.55 bits per heavy atom. The number of benzene rings is 3. The lowest BCUT2D eigenvalue weighted by Crippen LogP contribution is -2.42. The second-order valence-electron chi connectivity index (χ2n) is 16.2. The fourth-order valence-electron chi connectivity index (χ4n) is 7.64. The zero-order valence-electron chi connectivity index (χ0n) is 36.6. The number of pyridine rings is 2. The maximum absolute atomic E-state index is 17.6. The summed E-state index contributed by atoms with van der Waals surface area (Å²) in [7, 11) is 3.06. The maximum atomic E-state index is 17.6. The van der Waals surface area contributed by atoms with Crippen molar-refractivity contribution in [2.75, 3.05) is 42.1 Å². The Hall–Kier alpha value is -6.66. The average molecular weight is 953 g/mol. The molecule has 2 amide bonds. The van der Waals surface area contributed by atoms with E-state index in [9.17, 15) is 14.7 Å². The number of aromatic nitrogens is 4. The molecule has 3 aromatic carbocycles. The predicted octanol–water partition coefficient (Wildman–Crippen LogP) is 11.5. The van der Waals surface area contributed by atoms with Gasteiger partial charge in [0.2, 0.25) is 5.28 Å². The zero-order valence-corrected chi connectivity index (χ0v) is 38.1. The van der Waals surface area contributed by atoms with Gasteiger partial charge in [-0.1, -0.05) is 41.9 Å². The van der Waals surface area contributed by atoms with Gasteiger partial charge in [0.05, 0.1) is 54.0 Å². The van der Waals surface area contributed by atoms with E-state index >= 15 is 17.6 Å². The first kappa shape index (κ1) is 47.3. The number of ether oxygens (including phenoxy) is 4. The highest BCUT2D eigenvalue weighted by molar-refractivity contribution is 6.37. The molecule has 0 radical (unpaired) electrons. The van der Waals surface area contributed by atoms with Gasteiger partial charge in [0, 0.05) is 24.8 Å². The van der Waals surface area contributed by atoms with Crippen LogP contribution in [0.1, 0.15) is 61.6 Å². The van der Waals surface area contributed by atoms with Crippen LogP contribution in [0.25, 0.3) is 22.2 Å². The lowest BCUT2D eigenvalue weighted by Gasteiger charge is -2.32. The summed E-state index contributed by atoms with van der Waals surface area (Å²) in [5, 5.41) is 9.04. The molecule has 20 heteroatoms. The van der Waals surface area contributed by atoms with Crippen LogP contribution in [0.2, 0.25) is 10.3 Å². The molecule has 0 fully saturated rings. The number of carboxylic acid groups (broad SMARTS) is 1. The molecule has 14 nitrogen and oxygen atoms in total. The van der Waals surface area contributed by atoms with Crippen molar-refractivity contribution < 1.29 is 51.2 Å². The van der Waals surface area contributed by atoms with Gasteiger partial charge in [-0.25, -0.2) is 28.9 Å². The highest BCUT2D eigenvalue weighted by Gasteiger charge is 2.41. The van der Waals surface area contributed by atoms with Gasteiger partial charge in [-0.2, -0.15) is 23.1 Å². The molecule has 1 aliphatic rings. The van der Waals surface area contributed by atoms with Crippen LogP contribution in [0.3, 0.4) is 0 Å². The number of nitrogens with zero attached hydrogens (tertiary/aromatic N) is 7. The average Bonchev–Trinajstić information content (AvgIpc) is 3.44. The van der Waals surface area contributed by atoms with E-state index in [1.165, 1.54) is 45.5 Å². The van der Waals surface area contributed by atoms with Crippen LogP contribution in [0, 0.1) is 12.7 Å². The molecule has 1 aliphatic heterocycles. The molecule has 1 N–H and O–H groups in total. The predicted molar refractivity (Wildman–Crippen MR) is 241 cm³/mol. The van der Waals surface area contributed by atoms with Gasteiger partial charge in [-0.3, -0.25) is 0 Å². The highest BCUT2D eigenvalue weighted by atomic mass is 35.5. The number of carbonyl (C=O) groups excluding carboxylic acids is 1. The lowest BCUT2D eigenvalue weighted by atomic mass is 9.98. The van der Waals surface area contributed by atoms with Crippen LogP contribution >= 0.6 is 23.2 Å². The van der Waals surface area contributed by atoms with Crippen LogP contribution < -0.4 is 28.9 Å². The third kappa shape index (κ3) is 9.65. The molecule has 3 aromatic heterocycles. The van der Waals surface area contributed by atoms with Gasteiger partial charge in [0.25, 0.3) is 0 Å². The van der Waals surface area contributed by atoms with Crippen LogP contribution in [0.4, 0.5) is 44.6 Å². The summed E-state index contributed by atoms with van der Waals surface area (Å²) in [6.45, 7) is 7.71. The first-order valence-corrected chi connectivity index (χ1v) is 21.0. The molecule has 7 rings (SSSR count). The Morgan fingerprint density at radius 1 is 0.939 bits per heavy atom. The van der Waals surface area contributed by atoms with Gasteiger partial charge in [-0.05, 0) is 99.3 Å². The Balaban J connectivity index is 1.40. The molecule has 66 heavy (non-hydrogen) atoms. The molecule has 346 valence electrons. The van der Waals surface area contributed by atoms with Crippen molar-refractivity contribution in [1.29, 1.82) is 0 Å². The smallest absolute Gasteiger partial charge is 0.425 e. The Kier molecular flexibility index (Phi) is 13.4. The van der Waals surface area contributed by atoms with Crippen molar-refractivity contribution in [2.24, 2.45) is 0 Å². The number of aryl methyl sites for hydroxylation is 1. The van der Waals surface area contributed by atoms with Crippen molar-refractivity contribution in [1.82, 2.24) is 19.9 Å². The number of imide groups is 1. The van der Waals surface area contributed by atoms with E-state index in [4.69, 9.17) is 42.1 Å². The number of hydrogen-bond donors (Lipinski definition) is 1. The zero-order chi connectivity index (χ0) is 47.8. The van der Waals surface area contributed by atoms with Gasteiger partial charge < -0.3 is 33.9 Å². The van der Waals surface area contributed by atoms with E-state index in [0.29, 0.717) is 16.4 Å². The minimum absolute atomic E-state index is 0.0360.